The number of aromatic nitrogens is 2. The minimum Gasteiger partial charge on any atom is -0.493 e. The molecule has 1 saturated heterocycles. The predicted molar refractivity (Wildman–Crippen MR) is 116 cm³/mol. The number of thiophene rings is 1. The van der Waals surface area contributed by atoms with Gasteiger partial charge in [0.2, 0.25) is 5.91 Å². The fraction of sp³-hybridized carbons (Fsp3) is 0.381. The lowest BCUT2D eigenvalue weighted by molar-refractivity contribution is -0.130. The van der Waals surface area contributed by atoms with Gasteiger partial charge in [0.1, 0.15) is 10.7 Å². The minimum absolute atomic E-state index is 0.101. The molecule has 0 radical (unpaired) electrons. The number of piperazine rings is 1. The Kier molecular flexibility index (Phi) is 5.74. The zero-order valence-electron chi connectivity index (χ0n) is 17.2. The highest BCUT2D eigenvalue weighted by Crippen LogP contribution is 2.36. The van der Waals surface area contributed by atoms with Gasteiger partial charge in [-0.3, -0.25) is 14.5 Å². The molecule has 0 unspecified atom stereocenters. The minimum atomic E-state index is -0.150. The van der Waals surface area contributed by atoms with Crippen LogP contribution >= 0.6 is 11.3 Å². The van der Waals surface area contributed by atoms with Crippen LogP contribution in [0.25, 0.3) is 21.3 Å². The largest absolute Gasteiger partial charge is 0.493 e. The summed E-state index contributed by atoms with van der Waals surface area (Å²) in [5.41, 5.74) is 1.55. The van der Waals surface area contributed by atoms with Crippen LogP contribution in [0.3, 0.4) is 0 Å². The third-order valence-corrected chi connectivity index (χ3v) is 6.25. The van der Waals surface area contributed by atoms with E-state index in [0.29, 0.717) is 47.2 Å². The summed E-state index contributed by atoms with van der Waals surface area (Å²) in [4.78, 5) is 36.8. The molecule has 9 heteroatoms. The molecule has 1 aromatic carbocycles. The van der Waals surface area contributed by atoms with Crippen molar-refractivity contribution in [3.8, 4) is 22.6 Å². The van der Waals surface area contributed by atoms with Crippen molar-refractivity contribution in [2.24, 2.45) is 0 Å². The van der Waals surface area contributed by atoms with Crippen molar-refractivity contribution in [1.29, 1.82) is 0 Å². The van der Waals surface area contributed by atoms with Gasteiger partial charge in [-0.25, -0.2) is 4.98 Å². The molecular weight excluding hydrogens is 404 g/mol. The standard InChI is InChI=1S/C21H24N4O4S/c1-13(26)25-8-6-24(7-9-25)11-18-22-20(27)19-15(12-30-21(19)23-18)14-4-5-16(28-2)17(10-14)29-3/h4-5,10,12H,6-9,11H2,1-3H3,(H,22,23,27). The number of carbonyl (C=O) groups excluding carboxylic acids is 1. The van der Waals surface area contributed by atoms with Crippen LogP contribution in [0.1, 0.15) is 12.7 Å². The lowest BCUT2D eigenvalue weighted by atomic mass is 10.1. The maximum absolute atomic E-state index is 12.9. The number of carbonyl (C=O) groups is 1. The first-order chi connectivity index (χ1) is 14.5. The van der Waals surface area contributed by atoms with Crippen LogP contribution in [0.2, 0.25) is 0 Å². The van der Waals surface area contributed by atoms with Crippen molar-refractivity contribution < 1.29 is 14.3 Å². The molecule has 4 rings (SSSR count). The molecule has 0 aliphatic carbocycles. The first-order valence-corrected chi connectivity index (χ1v) is 10.6. The summed E-state index contributed by atoms with van der Waals surface area (Å²) in [6.45, 7) is 5.08. The summed E-state index contributed by atoms with van der Waals surface area (Å²) in [7, 11) is 3.18. The fourth-order valence-corrected chi connectivity index (χ4v) is 4.68. The second-order valence-corrected chi connectivity index (χ2v) is 8.05. The van der Waals surface area contributed by atoms with Crippen LogP contribution in [0.4, 0.5) is 0 Å². The van der Waals surface area contributed by atoms with Crippen molar-refractivity contribution in [2.75, 3.05) is 40.4 Å². The predicted octanol–water partition coefficient (Wildman–Crippen LogP) is 2.33. The number of benzene rings is 1. The van der Waals surface area contributed by atoms with Crippen molar-refractivity contribution in [2.45, 2.75) is 13.5 Å². The molecule has 1 aliphatic rings. The number of nitrogens with one attached hydrogen (secondary N) is 1. The number of aromatic amines is 1. The smallest absolute Gasteiger partial charge is 0.260 e. The quantitative estimate of drug-likeness (QED) is 0.671. The van der Waals surface area contributed by atoms with Gasteiger partial charge in [0, 0.05) is 44.0 Å². The van der Waals surface area contributed by atoms with Crippen molar-refractivity contribution in [3.63, 3.8) is 0 Å². The number of ether oxygens (including phenoxy) is 2. The van der Waals surface area contributed by atoms with E-state index in [1.807, 2.05) is 28.5 Å². The van der Waals surface area contributed by atoms with E-state index in [4.69, 9.17) is 14.5 Å². The van der Waals surface area contributed by atoms with Gasteiger partial charge in [-0.2, -0.15) is 0 Å². The molecule has 0 saturated carbocycles. The van der Waals surface area contributed by atoms with E-state index in [2.05, 4.69) is 9.88 Å². The number of H-pyrrole nitrogens is 1. The molecule has 3 aromatic rings. The summed E-state index contributed by atoms with van der Waals surface area (Å²) in [5, 5.41) is 2.53. The number of methoxy groups -OCH3 is 2. The average Bonchev–Trinajstić information content (AvgIpc) is 3.18. The molecule has 30 heavy (non-hydrogen) atoms. The topological polar surface area (TPSA) is 87.8 Å². The third-order valence-electron chi connectivity index (χ3n) is 5.38. The number of nitrogens with zero attached hydrogens (tertiary/aromatic N) is 3. The third kappa shape index (κ3) is 3.90. The zero-order chi connectivity index (χ0) is 21.3. The van der Waals surface area contributed by atoms with Crippen LogP contribution in [0.5, 0.6) is 11.5 Å². The summed E-state index contributed by atoms with van der Waals surface area (Å²) in [5.74, 6) is 1.99. The first-order valence-electron chi connectivity index (χ1n) is 9.71. The van der Waals surface area contributed by atoms with Crippen LogP contribution in [0.15, 0.2) is 28.4 Å². The summed E-state index contributed by atoms with van der Waals surface area (Å²) >= 11 is 1.45. The Bertz CT molecular complexity index is 1130. The normalized spacial score (nSPS) is 14.8. The molecule has 1 N–H and O–H groups in total. The van der Waals surface area contributed by atoms with Crippen molar-refractivity contribution in [3.05, 3.63) is 39.8 Å². The average molecular weight is 429 g/mol. The first kappa shape index (κ1) is 20.4. The molecular formula is C21H24N4O4S. The molecule has 8 nitrogen and oxygen atoms in total. The molecule has 1 aliphatic heterocycles. The fourth-order valence-electron chi connectivity index (χ4n) is 3.72. The lowest BCUT2D eigenvalue weighted by Gasteiger charge is -2.33. The van der Waals surface area contributed by atoms with Gasteiger partial charge < -0.3 is 19.4 Å². The lowest BCUT2D eigenvalue weighted by Crippen LogP contribution is -2.47. The summed E-state index contributed by atoms with van der Waals surface area (Å²) in [6.07, 6.45) is 0. The van der Waals surface area contributed by atoms with E-state index in [9.17, 15) is 9.59 Å². The number of fused-ring (bicyclic) bond motifs is 1. The van der Waals surface area contributed by atoms with Gasteiger partial charge in [0.25, 0.3) is 5.56 Å². The highest BCUT2D eigenvalue weighted by molar-refractivity contribution is 7.17. The highest BCUT2D eigenvalue weighted by Gasteiger charge is 2.20. The maximum atomic E-state index is 12.9. The monoisotopic (exact) mass is 428 g/mol. The second kappa shape index (κ2) is 8.45. The van der Waals surface area contributed by atoms with E-state index in [1.165, 1.54) is 11.3 Å². The number of amides is 1. The molecule has 0 bridgehead atoms. The number of rotatable bonds is 5. The van der Waals surface area contributed by atoms with Gasteiger partial charge in [0.05, 0.1) is 26.2 Å². The Hall–Kier alpha value is -2.91. The van der Waals surface area contributed by atoms with E-state index in [-0.39, 0.29) is 11.5 Å². The highest BCUT2D eigenvalue weighted by atomic mass is 32.1. The molecule has 0 spiro atoms. The van der Waals surface area contributed by atoms with E-state index in [0.717, 1.165) is 24.2 Å². The Morgan fingerprint density at radius 1 is 1.17 bits per heavy atom. The van der Waals surface area contributed by atoms with Gasteiger partial charge >= 0.3 is 0 Å². The molecule has 3 heterocycles. The maximum Gasteiger partial charge on any atom is 0.260 e. The van der Waals surface area contributed by atoms with E-state index < -0.39 is 0 Å². The number of hydrogen-bond acceptors (Lipinski definition) is 7. The molecule has 1 fully saturated rings. The van der Waals surface area contributed by atoms with Crippen LogP contribution < -0.4 is 15.0 Å². The number of hydrogen-bond donors (Lipinski definition) is 1. The molecule has 158 valence electrons. The molecule has 1 amide bonds. The Morgan fingerprint density at radius 3 is 2.57 bits per heavy atom. The van der Waals surface area contributed by atoms with Gasteiger partial charge in [-0.05, 0) is 17.7 Å². The Labute approximate surface area is 178 Å². The van der Waals surface area contributed by atoms with E-state index in [1.54, 1.807) is 21.1 Å². The Morgan fingerprint density at radius 2 is 1.90 bits per heavy atom. The van der Waals surface area contributed by atoms with Crippen LogP contribution in [0, 0.1) is 0 Å². The second-order valence-electron chi connectivity index (χ2n) is 7.19. The zero-order valence-corrected chi connectivity index (χ0v) is 18.0. The van der Waals surface area contributed by atoms with E-state index >= 15 is 0 Å². The van der Waals surface area contributed by atoms with Crippen LogP contribution in [-0.4, -0.2) is 66.1 Å². The summed E-state index contributed by atoms with van der Waals surface area (Å²) in [6, 6.07) is 5.60. The SMILES string of the molecule is COc1ccc(-c2csc3nc(CN4CCN(C(C)=O)CC4)[nH]c(=O)c23)cc1OC. The van der Waals surface area contributed by atoms with Gasteiger partial charge in [-0.15, -0.1) is 11.3 Å². The van der Waals surface area contributed by atoms with Crippen molar-refractivity contribution in [1.82, 2.24) is 19.8 Å². The van der Waals surface area contributed by atoms with Gasteiger partial charge in [-0.1, -0.05) is 6.07 Å². The summed E-state index contributed by atoms with van der Waals surface area (Å²) < 4.78 is 10.7. The van der Waals surface area contributed by atoms with Gasteiger partial charge in [0.15, 0.2) is 11.5 Å². The Balaban J connectivity index is 1.60. The molecule has 0 atom stereocenters. The van der Waals surface area contributed by atoms with Crippen molar-refractivity contribution >= 4 is 27.5 Å². The molecule has 2 aromatic heterocycles. The van der Waals surface area contributed by atoms with Crippen LogP contribution in [-0.2, 0) is 11.3 Å².